The number of aromatic nitrogens is 6. The summed E-state index contributed by atoms with van der Waals surface area (Å²) in [5.41, 5.74) is 4.47. The van der Waals surface area contributed by atoms with Gasteiger partial charge in [-0.3, -0.25) is 14.4 Å². The Balaban J connectivity index is 1.40. The minimum Gasteiger partial charge on any atom is -0.418 e. The van der Waals surface area contributed by atoms with Crippen molar-refractivity contribution in [3.63, 3.8) is 0 Å². The number of aliphatic hydroxyl groups is 1. The Morgan fingerprint density at radius 3 is 2.80 bits per heavy atom. The van der Waals surface area contributed by atoms with E-state index in [-0.39, 0.29) is 36.0 Å². The summed E-state index contributed by atoms with van der Waals surface area (Å²) in [5.74, 6) is 0.834. The molecule has 40 heavy (non-hydrogen) atoms. The van der Waals surface area contributed by atoms with Gasteiger partial charge in [0.2, 0.25) is 17.6 Å². The lowest BCUT2D eigenvalue weighted by Crippen LogP contribution is -2.26. The Morgan fingerprint density at radius 2 is 2.08 bits per heavy atom. The summed E-state index contributed by atoms with van der Waals surface area (Å²) in [6, 6.07) is 8.16. The van der Waals surface area contributed by atoms with Crippen molar-refractivity contribution < 1.29 is 14.3 Å². The maximum absolute atomic E-state index is 13.2. The van der Waals surface area contributed by atoms with Crippen molar-refractivity contribution in [1.82, 2.24) is 34.8 Å². The van der Waals surface area contributed by atoms with Crippen LogP contribution in [0.3, 0.4) is 0 Å². The standard InChI is InChI=1S/C29H36N8O3/c1-5-37-18-22(16-31-37)32-28-30-10-8-24(33-28)20-6-7-23-19(9-11-36(12-13-38)17-21(23)14-20)15-25(39)26-34-35-27(40-26)29(2,3)4/h6-8,10,14,16,18-19,38H,5,9,11-13,15,17H2,1-4H3,(H,30,32,33). The maximum Gasteiger partial charge on any atom is 0.284 e. The smallest absolute Gasteiger partial charge is 0.284 e. The van der Waals surface area contributed by atoms with Crippen LogP contribution in [0, 0.1) is 0 Å². The molecule has 0 bridgehead atoms. The van der Waals surface area contributed by atoms with Gasteiger partial charge in [0.25, 0.3) is 5.89 Å². The van der Waals surface area contributed by atoms with E-state index in [1.165, 1.54) is 0 Å². The molecule has 5 rings (SSSR count). The monoisotopic (exact) mass is 544 g/mol. The van der Waals surface area contributed by atoms with Crippen LogP contribution in [0.5, 0.6) is 0 Å². The number of nitrogens with zero attached hydrogens (tertiary/aromatic N) is 7. The zero-order chi connectivity index (χ0) is 28.3. The fraction of sp³-hybridized carbons (Fsp3) is 0.448. The molecule has 1 aliphatic rings. The van der Waals surface area contributed by atoms with Crippen LogP contribution < -0.4 is 5.32 Å². The van der Waals surface area contributed by atoms with Crippen molar-refractivity contribution in [3.05, 3.63) is 65.8 Å². The number of β-amino-alcohol motifs (C(OH)–C–C–N with tert-alkyl or cyclic N) is 1. The average Bonchev–Trinajstić information content (AvgIpc) is 3.58. The minimum atomic E-state index is -0.324. The number of carbonyl (C=O) groups excluding carboxylic acids is 1. The van der Waals surface area contributed by atoms with E-state index in [4.69, 9.17) is 9.40 Å². The number of Topliss-reactive ketones (excluding diaryl/α,β-unsaturated/α-hetero) is 1. The molecule has 11 heteroatoms. The number of rotatable bonds is 9. The van der Waals surface area contributed by atoms with Crippen molar-refractivity contribution in [1.29, 1.82) is 0 Å². The highest BCUT2D eigenvalue weighted by atomic mass is 16.4. The number of aliphatic hydroxyl groups excluding tert-OH is 1. The summed E-state index contributed by atoms with van der Waals surface area (Å²) in [5, 5.41) is 25.3. The first-order valence-corrected chi connectivity index (χ1v) is 13.7. The molecular formula is C29H36N8O3. The topological polar surface area (TPSA) is 135 Å². The maximum atomic E-state index is 13.2. The van der Waals surface area contributed by atoms with E-state index in [1.54, 1.807) is 12.4 Å². The number of hydrogen-bond donors (Lipinski definition) is 2. The first kappa shape index (κ1) is 27.6. The number of fused-ring (bicyclic) bond motifs is 1. The fourth-order valence-corrected chi connectivity index (χ4v) is 4.92. The van der Waals surface area contributed by atoms with Crippen molar-refractivity contribution in [2.24, 2.45) is 0 Å². The molecule has 0 fully saturated rings. The van der Waals surface area contributed by atoms with Gasteiger partial charge in [-0.1, -0.05) is 32.9 Å². The number of hydrogen-bond acceptors (Lipinski definition) is 10. The van der Waals surface area contributed by atoms with Gasteiger partial charge in [-0.25, -0.2) is 9.97 Å². The van der Waals surface area contributed by atoms with Gasteiger partial charge in [0, 0.05) is 49.4 Å². The predicted molar refractivity (Wildman–Crippen MR) is 150 cm³/mol. The van der Waals surface area contributed by atoms with Crippen molar-refractivity contribution in [2.45, 2.75) is 65.0 Å². The molecule has 0 radical (unpaired) electrons. The Kier molecular flexibility index (Phi) is 8.04. The van der Waals surface area contributed by atoms with Crippen molar-refractivity contribution in [3.8, 4) is 11.3 Å². The molecule has 11 nitrogen and oxygen atoms in total. The lowest BCUT2D eigenvalue weighted by Gasteiger charge is -2.19. The summed E-state index contributed by atoms with van der Waals surface area (Å²) in [4.78, 5) is 24.5. The second-order valence-corrected chi connectivity index (χ2v) is 11.2. The molecule has 0 aliphatic carbocycles. The summed E-state index contributed by atoms with van der Waals surface area (Å²) in [7, 11) is 0. The largest absolute Gasteiger partial charge is 0.418 e. The van der Waals surface area contributed by atoms with Gasteiger partial charge in [-0.2, -0.15) is 5.10 Å². The van der Waals surface area contributed by atoms with Gasteiger partial charge in [0.15, 0.2) is 0 Å². The third-order valence-electron chi connectivity index (χ3n) is 7.09. The highest BCUT2D eigenvalue weighted by molar-refractivity contribution is 5.92. The van der Waals surface area contributed by atoms with Crippen LogP contribution in [0.1, 0.15) is 74.2 Å². The van der Waals surface area contributed by atoms with E-state index >= 15 is 0 Å². The van der Waals surface area contributed by atoms with Crippen LogP contribution in [0.4, 0.5) is 11.6 Å². The predicted octanol–water partition coefficient (Wildman–Crippen LogP) is 4.34. The summed E-state index contributed by atoms with van der Waals surface area (Å²) in [6.07, 6.45) is 6.45. The molecule has 1 unspecified atom stereocenters. The lowest BCUT2D eigenvalue weighted by atomic mass is 9.87. The van der Waals surface area contributed by atoms with Crippen LogP contribution in [-0.2, 0) is 18.5 Å². The third-order valence-corrected chi connectivity index (χ3v) is 7.09. The summed E-state index contributed by atoms with van der Waals surface area (Å²) >= 11 is 0. The second-order valence-electron chi connectivity index (χ2n) is 11.2. The van der Waals surface area contributed by atoms with E-state index in [9.17, 15) is 9.90 Å². The van der Waals surface area contributed by atoms with Crippen LogP contribution in [0.15, 0.2) is 47.3 Å². The normalized spacial score (nSPS) is 16.0. The van der Waals surface area contributed by atoms with Crippen molar-refractivity contribution in [2.75, 3.05) is 25.0 Å². The first-order valence-electron chi connectivity index (χ1n) is 13.7. The molecule has 0 amide bonds. The molecule has 0 spiro atoms. The highest BCUT2D eigenvalue weighted by Crippen LogP contribution is 2.35. The Morgan fingerprint density at radius 1 is 1.23 bits per heavy atom. The number of aryl methyl sites for hydroxylation is 1. The molecule has 4 aromatic rings. The van der Waals surface area contributed by atoms with Gasteiger partial charge in [-0.15, -0.1) is 10.2 Å². The number of benzene rings is 1. The molecule has 4 heterocycles. The van der Waals surface area contributed by atoms with Gasteiger partial charge >= 0.3 is 0 Å². The molecule has 1 aromatic carbocycles. The molecule has 3 aromatic heterocycles. The zero-order valence-corrected chi connectivity index (χ0v) is 23.5. The van der Waals surface area contributed by atoms with Crippen LogP contribution in [-0.4, -0.2) is 65.4 Å². The van der Waals surface area contributed by atoms with Gasteiger partial charge in [-0.05, 0) is 49.1 Å². The van der Waals surface area contributed by atoms with Crippen LogP contribution in [0.25, 0.3) is 11.3 Å². The molecule has 2 N–H and O–H groups in total. The zero-order valence-electron chi connectivity index (χ0n) is 23.5. The number of carbonyl (C=O) groups is 1. The lowest BCUT2D eigenvalue weighted by molar-refractivity contribution is 0.0933. The highest BCUT2D eigenvalue weighted by Gasteiger charge is 2.29. The van der Waals surface area contributed by atoms with Gasteiger partial charge in [0.05, 0.1) is 24.2 Å². The van der Waals surface area contributed by atoms with Crippen molar-refractivity contribution >= 4 is 17.4 Å². The summed E-state index contributed by atoms with van der Waals surface area (Å²) < 4.78 is 7.56. The quantitative estimate of drug-likeness (QED) is 0.293. The average molecular weight is 545 g/mol. The number of anilines is 2. The number of ketones is 1. The first-order chi connectivity index (χ1) is 19.2. The summed E-state index contributed by atoms with van der Waals surface area (Å²) in [6.45, 7) is 10.8. The van der Waals surface area contributed by atoms with E-state index in [2.05, 4.69) is 42.6 Å². The fourth-order valence-electron chi connectivity index (χ4n) is 4.92. The van der Waals surface area contributed by atoms with E-state index < -0.39 is 0 Å². The van der Waals surface area contributed by atoms with E-state index in [1.807, 2.05) is 50.7 Å². The minimum absolute atomic E-state index is 0.0111. The Bertz CT molecular complexity index is 1470. The Hall–Kier alpha value is -3.96. The molecule has 0 saturated heterocycles. The van der Waals surface area contributed by atoms with Gasteiger partial charge < -0.3 is 14.8 Å². The molecule has 1 aliphatic heterocycles. The molecule has 210 valence electrons. The molecular weight excluding hydrogens is 508 g/mol. The van der Waals surface area contributed by atoms with E-state index in [0.29, 0.717) is 24.9 Å². The molecule has 0 saturated carbocycles. The van der Waals surface area contributed by atoms with Crippen LogP contribution >= 0.6 is 0 Å². The SMILES string of the molecule is CCn1cc(Nc2nccc(-c3ccc4c(c3)CN(CCO)CCC4CC(=O)c3nnc(C(C)(C)C)o3)n2)cn1. The third kappa shape index (κ3) is 6.26. The van der Waals surface area contributed by atoms with Gasteiger partial charge in [0.1, 0.15) is 0 Å². The van der Waals surface area contributed by atoms with E-state index in [0.717, 1.165) is 47.6 Å². The number of nitrogens with one attached hydrogen (secondary N) is 1. The second kappa shape index (κ2) is 11.6. The molecule has 1 atom stereocenters. The van der Waals surface area contributed by atoms with Crippen LogP contribution in [0.2, 0.25) is 0 Å². The Labute approximate surface area is 233 Å².